The molecule has 0 aromatic heterocycles. The van der Waals surface area contributed by atoms with Gasteiger partial charge in [-0.3, -0.25) is 4.90 Å². The number of nitrogens with zero attached hydrogens (tertiary/aromatic N) is 1. The number of thioether (sulfide) groups is 1. The zero-order valence-electron chi connectivity index (χ0n) is 9.58. The Labute approximate surface area is 96.7 Å². The van der Waals surface area contributed by atoms with E-state index in [1.807, 2.05) is 0 Å². The second kappa shape index (κ2) is 5.04. The van der Waals surface area contributed by atoms with Crippen molar-refractivity contribution in [3.8, 4) is 0 Å². The lowest BCUT2D eigenvalue weighted by atomic mass is 9.89. The average molecular weight is 230 g/mol. The molecule has 2 heterocycles. The van der Waals surface area contributed by atoms with E-state index in [4.69, 9.17) is 10.5 Å². The molecule has 0 bridgehead atoms. The molecule has 0 aromatic rings. The Bertz CT molecular complexity index is 201. The molecule has 2 aliphatic rings. The molecule has 2 rings (SSSR count). The molecule has 0 aliphatic carbocycles. The molecule has 2 saturated heterocycles. The van der Waals surface area contributed by atoms with Gasteiger partial charge in [-0.15, -0.1) is 0 Å². The van der Waals surface area contributed by atoms with Crippen LogP contribution in [0.25, 0.3) is 0 Å². The van der Waals surface area contributed by atoms with Gasteiger partial charge in [0.05, 0.1) is 6.61 Å². The first-order chi connectivity index (χ1) is 7.28. The Morgan fingerprint density at radius 1 is 1.47 bits per heavy atom. The van der Waals surface area contributed by atoms with Gasteiger partial charge in [-0.1, -0.05) is 0 Å². The molecule has 2 fully saturated rings. The smallest absolute Gasteiger partial charge is 0.0622 e. The van der Waals surface area contributed by atoms with Crippen LogP contribution in [-0.4, -0.2) is 54.8 Å². The number of nitrogens with two attached hydrogens (primary N) is 1. The third-order valence-electron chi connectivity index (χ3n) is 4.01. The SMILES string of the molecule is CN(C1CCOC1)C1(CN)CCSCC1. The monoisotopic (exact) mass is 230 g/mol. The molecule has 1 atom stereocenters. The number of rotatable bonds is 3. The van der Waals surface area contributed by atoms with Crippen molar-refractivity contribution in [3.05, 3.63) is 0 Å². The molecule has 0 aromatic carbocycles. The fourth-order valence-electron chi connectivity index (χ4n) is 2.67. The highest BCUT2D eigenvalue weighted by atomic mass is 32.2. The molecule has 0 radical (unpaired) electrons. The lowest BCUT2D eigenvalue weighted by Crippen LogP contribution is -2.57. The average Bonchev–Trinajstić information content (AvgIpc) is 2.82. The molecular weight excluding hydrogens is 208 g/mol. The molecule has 15 heavy (non-hydrogen) atoms. The molecule has 0 amide bonds. The molecule has 2 aliphatic heterocycles. The molecule has 0 spiro atoms. The van der Waals surface area contributed by atoms with Crippen LogP contribution in [0, 0.1) is 0 Å². The Morgan fingerprint density at radius 3 is 2.73 bits per heavy atom. The second-order valence-corrected chi connectivity index (χ2v) is 5.89. The largest absolute Gasteiger partial charge is 0.380 e. The van der Waals surface area contributed by atoms with E-state index in [9.17, 15) is 0 Å². The topological polar surface area (TPSA) is 38.5 Å². The highest BCUT2D eigenvalue weighted by Crippen LogP contribution is 2.33. The lowest BCUT2D eigenvalue weighted by Gasteiger charge is -2.46. The van der Waals surface area contributed by atoms with Crippen LogP contribution in [0.1, 0.15) is 19.3 Å². The Kier molecular flexibility index (Phi) is 3.93. The van der Waals surface area contributed by atoms with Crippen LogP contribution in [-0.2, 0) is 4.74 Å². The van der Waals surface area contributed by atoms with Gasteiger partial charge < -0.3 is 10.5 Å². The van der Waals surface area contributed by atoms with E-state index >= 15 is 0 Å². The van der Waals surface area contributed by atoms with Crippen molar-refractivity contribution in [2.75, 3.05) is 38.3 Å². The molecular formula is C11H22N2OS. The second-order valence-electron chi connectivity index (χ2n) is 4.67. The molecule has 3 nitrogen and oxygen atoms in total. The van der Waals surface area contributed by atoms with Crippen LogP contribution in [0.5, 0.6) is 0 Å². The first-order valence-corrected chi connectivity index (χ1v) is 7.02. The summed E-state index contributed by atoms with van der Waals surface area (Å²) < 4.78 is 5.47. The van der Waals surface area contributed by atoms with Crippen LogP contribution in [0.4, 0.5) is 0 Å². The van der Waals surface area contributed by atoms with E-state index in [0.717, 1.165) is 19.8 Å². The third-order valence-corrected chi connectivity index (χ3v) is 4.99. The van der Waals surface area contributed by atoms with Crippen molar-refractivity contribution in [2.45, 2.75) is 30.8 Å². The maximum atomic E-state index is 6.02. The molecule has 88 valence electrons. The summed E-state index contributed by atoms with van der Waals surface area (Å²) in [7, 11) is 2.24. The van der Waals surface area contributed by atoms with Crippen molar-refractivity contribution in [3.63, 3.8) is 0 Å². The van der Waals surface area contributed by atoms with E-state index in [-0.39, 0.29) is 5.54 Å². The normalized spacial score (nSPS) is 31.0. The molecule has 1 unspecified atom stereocenters. The highest BCUT2D eigenvalue weighted by Gasteiger charge is 2.39. The Morgan fingerprint density at radius 2 is 2.20 bits per heavy atom. The fraction of sp³-hybridized carbons (Fsp3) is 1.00. The van der Waals surface area contributed by atoms with Crippen LogP contribution in [0.2, 0.25) is 0 Å². The maximum absolute atomic E-state index is 6.02. The van der Waals surface area contributed by atoms with E-state index in [1.165, 1.54) is 30.8 Å². The zero-order chi connectivity index (χ0) is 10.7. The Balaban J connectivity index is 2.02. The third kappa shape index (κ3) is 2.33. The highest BCUT2D eigenvalue weighted by molar-refractivity contribution is 7.99. The number of hydrogen-bond acceptors (Lipinski definition) is 4. The van der Waals surface area contributed by atoms with Crippen molar-refractivity contribution in [1.29, 1.82) is 0 Å². The summed E-state index contributed by atoms with van der Waals surface area (Å²) in [5.74, 6) is 2.52. The summed E-state index contributed by atoms with van der Waals surface area (Å²) in [6, 6.07) is 0.594. The molecule has 4 heteroatoms. The summed E-state index contributed by atoms with van der Waals surface area (Å²) in [6.45, 7) is 2.61. The van der Waals surface area contributed by atoms with Gasteiger partial charge in [-0.05, 0) is 37.8 Å². The van der Waals surface area contributed by atoms with Gasteiger partial charge in [0.15, 0.2) is 0 Å². The predicted molar refractivity (Wildman–Crippen MR) is 65.3 cm³/mol. The van der Waals surface area contributed by atoms with Gasteiger partial charge in [0.1, 0.15) is 0 Å². The fourth-order valence-corrected chi connectivity index (χ4v) is 3.92. The minimum atomic E-state index is 0.254. The van der Waals surface area contributed by atoms with Crippen LogP contribution in [0.15, 0.2) is 0 Å². The summed E-state index contributed by atoms with van der Waals surface area (Å²) in [4.78, 5) is 2.51. The molecule has 2 N–H and O–H groups in total. The van der Waals surface area contributed by atoms with Crippen LogP contribution < -0.4 is 5.73 Å². The van der Waals surface area contributed by atoms with E-state index in [2.05, 4.69) is 23.7 Å². The summed E-state index contributed by atoms with van der Waals surface area (Å²) >= 11 is 2.06. The van der Waals surface area contributed by atoms with E-state index in [1.54, 1.807) is 0 Å². The van der Waals surface area contributed by atoms with Gasteiger partial charge in [-0.2, -0.15) is 11.8 Å². The van der Waals surface area contributed by atoms with Crippen molar-refractivity contribution in [1.82, 2.24) is 4.90 Å². The van der Waals surface area contributed by atoms with Gasteiger partial charge in [0, 0.05) is 24.7 Å². The van der Waals surface area contributed by atoms with Crippen molar-refractivity contribution in [2.24, 2.45) is 5.73 Å². The van der Waals surface area contributed by atoms with Crippen LogP contribution >= 0.6 is 11.8 Å². The Hall–Kier alpha value is 0.230. The zero-order valence-corrected chi connectivity index (χ0v) is 10.4. The van der Waals surface area contributed by atoms with E-state index in [0.29, 0.717) is 6.04 Å². The van der Waals surface area contributed by atoms with Gasteiger partial charge in [0.25, 0.3) is 0 Å². The molecule has 0 saturated carbocycles. The first kappa shape index (κ1) is 11.7. The van der Waals surface area contributed by atoms with Crippen molar-refractivity contribution < 1.29 is 4.74 Å². The maximum Gasteiger partial charge on any atom is 0.0622 e. The van der Waals surface area contributed by atoms with Crippen molar-refractivity contribution >= 4 is 11.8 Å². The quantitative estimate of drug-likeness (QED) is 0.783. The first-order valence-electron chi connectivity index (χ1n) is 5.87. The van der Waals surface area contributed by atoms with E-state index < -0.39 is 0 Å². The number of ether oxygens (including phenoxy) is 1. The summed E-state index contributed by atoms with van der Waals surface area (Å²) in [5.41, 5.74) is 6.27. The van der Waals surface area contributed by atoms with Gasteiger partial charge in [0.2, 0.25) is 0 Å². The lowest BCUT2D eigenvalue weighted by molar-refractivity contribution is 0.0592. The minimum Gasteiger partial charge on any atom is -0.380 e. The summed E-state index contributed by atoms with van der Waals surface area (Å²) in [6.07, 6.45) is 3.65. The standard InChI is InChI=1S/C11H22N2OS/c1-13(10-2-5-14-8-10)11(9-12)3-6-15-7-4-11/h10H,2-9,12H2,1H3. The van der Waals surface area contributed by atoms with Gasteiger partial charge >= 0.3 is 0 Å². The minimum absolute atomic E-state index is 0.254. The summed E-state index contributed by atoms with van der Waals surface area (Å²) in [5, 5.41) is 0. The number of likely N-dealkylation sites (N-methyl/N-ethyl adjacent to an activating group) is 1. The predicted octanol–water partition coefficient (Wildman–Crippen LogP) is 0.932. The van der Waals surface area contributed by atoms with Crippen LogP contribution in [0.3, 0.4) is 0 Å². The number of hydrogen-bond donors (Lipinski definition) is 1. The van der Waals surface area contributed by atoms with Gasteiger partial charge in [-0.25, -0.2) is 0 Å².